The lowest BCUT2D eigenvalue weighted by Crippen LogP contribution is -2.52. The number of nitrogens with one attached hydrogen (secondary N) is 2. The molecule has 4 rings (SSSR count). The number of carbonyl (C=O) groups is 4. The van der Waals surface area contributed by atoms with Crippen LogP contribution in [-0.4, -0.2) is 35.8 Å². The van der Waals surface area contributed by atoms with E-state index in [1.807, 2.05) is 103 Å². The van der Waals surface area contributed by atoms with Crippen LogP contribution in [0.15, 0.2) is 115 Å². The van der Waals surface area contributed by atoms with Gasteiger partial charge in [0.1, 0.15) is 37.7 Å². The summed E-state index contributed by atoms with van der Waals surface area (Å²) >= 11 is 0. The van der Waals surface area contributed by atoms with Crippen LogP contribution in [0.2, 0.25) is 0 Å². The molecule has 0 aromatic heterocycles. The van der Waals surface area contributed by atoms with Crippen molar-refractivity contribution >= 4 is 23.8 Å². The minimum atomic E-state index is -1.15. The first-order valence-corrected chi connectivity index (χ1v) is 15.1. The van der Waals surface area contributed by atoms with E-state index in [-0.39, 0.29) is 32.5 Å². The van der Waals surface area contributed by atoms with Crippen LogP contribution in [-0.2, 0) is 54.9 Å². The maximum Gasteiger partial charge on any atom is 0.328 e. The van der Waals surface area contributed by atoms with Crippen molar-refractivity contribution in [3.63, 3.8) is 0 Å². The molecule has 0 saturated heterocycles. The lowest BCUT2D eigenvalue weighted by Gasteiger charge is -2.22. The third-order valence-corrected chi connectivity index (χ3v) is 7.01. The summed E-state index contributed by atoms with van der Waals surface area (Å²) in [7, 11) is 0. The van der Waals surface area contributed by atoms with E-state index in [1.54, 1.807) is 12.1 Å². The highest BCUT2D eigenvalue weighted by molar-refractivity contribution is 5.90. The summed E-state index contributed by atoms with van der Waals surface area (Å²) in [5.74, 6) is -1.55. The molecule has 0 fully saturated rings. The van der Waals surface area contributed by atoms with Gasteiger partial charge in [-0.1, -0.05) is 103 Å². The average Bonchev–Trinajstić information content (AvgIpc) is 3.08. The van der Waals surface area contributed by atoms with Crippen LogP contribution in [0, 0.1) is 0 Å². The molecule has 0 aliphatic carbocycles. The van der Waals surface area contributed by atoms with Crippen LogP contribution < -0.4 is 15.4 Å². The number of ether oxygens (including phenoxy) is 3. The Balaban J connectivity index is 1.38. The smallest absolute Gasteiger partial charge is 0.328 e. The molecule has 4 aromatic rings. The van der Waals surface area contributed by atoms with Crippen LogP contribution in [0.25, 0.3) is 0 Å². The van der Waals surface area contributed by atoms with Gasteiger partial charge in [0.2, 0.25) is 11.8 Å². The maximum absolute atomic E-state index is 13.5. The van der Waals surface area contributed by atoms with E-state index in [4.69, 9.17) is 14.2 Å². The summed E-state index contributed by atoms with van der Waals surface area (Å²) in [5.41, 5.74) is 3.41. The van der Waals surface area contributed by atoms with Gasteiger partial charge in [0.15, 0.2) is 0 Å². The molecule has 2 N–H and O–H groups in total. The molecule has 4 aromatic carbocycles. The highest BCUT2D eigenvalue weighted by Gasteiger charge is 2.28. The Morgan fingerprint density at radius 3 is 1.65 bits per heavy atom. The Hall–Kier alpha value is -5.44. The summed E-state index contributed by atoms with van der Waals surface area (Å²) in [6.45, 7) is 1.82. The van der Waals surface area contributed by atoms with E-state index in [0.29, 0.717) is 12.4 Å². The molecule has 0 spiro atoms. The summed E-state index contributed by atoms with van der Waals surface area (Å²) in [5, 5.41) is 5.37. The largest absolute Gasteiger partial charge is 0.489 e. The Labute approximate surface area is 268 Å². The minimum Gasteiger partial charge on any atom is -0.489 e. The van der Waals surface area contributed by atoms with Gasteiger partial charge >= 0.3 is 11.9 Å². The van der Waals surface area contributed by atoms with Crippen molar-refractivity contribution in [3.8, 4) is 5.75 Å². The number of hydrogen-bond acceptors (Lipinski definition) is 7. The molecular formula is C37H38N2O7. The quantitative estimate of drug-likeness (QED) is 0.168. The van der Waals surface area contributed by atoms with Crippen LogP contribution >= 0.6 is 0 Å². The first kappa shape index (κ1) is 33.5. The van der Waals surface area contributed by atoms with E-state index in [9.17, 15) is 19.2 Å². The number of carbonyl (C=O) groups excluding carboxylic acids is 4. The first-order valence-electron chi connectivity index (χ1n) is 15.1. The van der Waals surface area contributed by atoms with Crippen molar-refractivity contribution in [1.82, 2.24) is 10.6 Å². The molecule has 0 bridgehead atoms. The minimum absolute atomic E-state index is 0.00167. The topological polar surface area (TPSA) is 120 Å². The van der Waals surface area contributed by atoms with Gasteiger partial charge in [0, 0.05) is 19.8 Å². The van der Waals surface area contributed by atoms with Crippen molar-refractivity contribution in [3.05, 3.63) is 138 Å². The highest BCUT2D eigenvalue weighted by Crippen LogP contribution is 2.16. The third-order valence-electron chi connectivity index (χ3n) is 7.01. The standard InChI is InChI=1S/C37H38N2O7/c1-27(40)38-34(23-28-17-19-32(20-18-28)44-24-29-11-5-2-6-12-29)36(42)39-33(37(43)46-26-31-15-9-4-10-16-31)21-22-35(41)45-25-30-13-7-3-8-14-30/h2-20,33-34H,21-26H2,1H3,(H,38,40)(H,39,42). The van der Waals surface area contributed by atoms with Gasteiger partial charge in [-0.05, 0) is 40.8 Å². The molecule has 0 radical (unpaired) electrons. The molecule has 0 saturated carbocycles. The zero-order valence-corrected chi connectivity index (χ0v) is 25.7. The summed E-state index contributed by atoms with van der Waals surface area (Å²) in [6.07, 6.45) is -0.0179. The fourth-order valence-corrected chi connectivity index (χ4v) is 4.58. The average molecular weight is 623 g/mol. The Morgan fingerprint density at radius 1 is 0.587 bits per heavy atom. The zero-order chi connectivity index (χ0) is 32.6. The van der Waals surface area contributed by atoms with Crippen molar-refractivity contribution in [2.75, 3.05) is 0 Å². The van der Waals surface area contributed by atoms with E-state index in [2.05, 4.69) is 10.6 Å². The molecule has 9 nitrogen and oxygen atoms in total. The number of hydrogen-bond donors (Lipinski definition) is 2. The molecule has 2 unspecified atom stereocenters. The number of rotatable bonds is 16. The summed E-state index contributed by atoms with van der Waals surface area (Å²) < 4.78 is 16.7. The molecule has 2 atom stereocenters. The van der Waals surface area contributed by atoms with Crippen LogP contribution in [0.5, 0.6) is 5.75 Å². The number of benzene rings is 4. The van der Waals surface area contributed by atoms with E-state index < -0.39 is 35.8 Å². The van der Waals surface area contributed by atoms with Gasteiger partial charge < -0.3 is 24.8 Å². The maximum atomic E-state index is 13.5. The number of amides is 2. The normalized spacial score (nSPS) is 11.8. The third kappa shape index (κ3) is 11.6. The van der Waals surface area contributed by atoms with Crippen molar-refractivity contribution < 1.29 is 33.4 Å². The second-order valence-electron chi connectivity index (χ2n) is 10.7. The predicted octanol–water partition coefficient (Wildman–Crippen LogP) is 5.06. The Bertz CT molecular complexity index is 1550. The second-order valence-corrected chi connectivity index (χ2v) is 10.7. The highest BCUT2D eigenvalue weighted by atomic mass is 16.5. The van der Waals surface area contributed by atoms with Crippen LogP contribution in [0.1, 0.15) is 42.0 Å². The van der Waals surface area contributed by atoms with Gasteiger partial charge in [0.25, 0.3) is 0 Å². The molecule has 238 valence electrons. The predicted molar refractivity (Wildman–Crippen MR) is 172 cm³/mol. The van der Waals surface area contributed by atoms with Crippen LogP contribution in [0.4, 0.5) is 0 Å². The molecule has 46 heavy (non-hydrogen) atoms. The van der Waals surface area contributed by atoms with Crippen LogP contribution in [0.3, 0.4) is 0 Å². The molecule has 9 heteroatoms. The van der Waals surface area contributed by atoms with Gasteiger partial charge in [-0.25, -0.2) is 4.79 Å². The molecule has 0 aliphatic rings. The van der Waals surface area contributed by atoms with Gasteiger partial charge in [0.05, 0.1) is 0 Å². The van der Waals surface area contributed by atoms with E-state index in [0.717, 1.165) is 22.3 Å². The molecule has 0 aliphatic heterocycles. The summed E-state index contributed by atoms with van der Waals surface area (Å²) in [4.78, 5) is 51.2. The van der Waals surface area contributed by atoms with Gasteiger partial charge in [-0.3, -0.25) is 14.4 Å². The fraction of sp³-hybridized carbons (Fsp3) is 0.243. The Morgan fingerprint density at radius 2 is 1.11 bits per heavy atom. The number of esters is 2. The fourth-order valence-electron chi connectivity index (χ4n) is 4.58. The van der Waals surface area contributed by atoms with Gasteiger partial charge in [-0.15, -0.1) is 0 Å². The lowest BCUT2D eigenvalue weighted by atomic mass is 10.0. The lowest BCUT2D eigenvalue weighted by molar-refractivity contribution is -0.150. The Kier molecular flexibility index (Phi) is 12.9. The molecule has 2 amide bonds. The van der Waals surface area contributed by atoms with Crippen molar-refractivity contribution in [2.24, 2.45) is 0 Å². The second kappa shape index (κ2) is 17.8. The van der Waals surface area contributed by atoms with Crippen molar-refractivity contribution in [1.29, 1.82) is 0 Å². The van der Waals surface area contributed by atoms with Crippen molar-refractivity contribution in [2.45, 2.75) is 58.1 Å². The first-order chi connectivity index (χ1) is 22.4. The SMILES string of the molecule is CC(=O)NC(Cc1ccc(OCc2ccccc2)cc1)C(=O)NC(CCC(=O)OCc1ccccc1)C(=O)OCc1ccccc1. The molecular weight excluding hydrogens is 584 g/mol. The summed E-state index contributed by atoms with van der Waals surface area (Å²) in [6, 6.07) is 33.2. The monoisotopic (exact) mass is 622 g/mol. The van der Waals surface area contributed by atoms with E-state index >= 15 is 0 Å². The van der Waals surface area contributed by atoms with Gasteiger partial charge in [-0.2, -0.15) is 0 Å². The zero-order valence-electron chi connectivity index (χ0n) is 25.7. The molecule has 0 heterocycles. The van der Waals surface area contributed by atoms with E-state index in [1.165, 1.54) is 6.92 Å².